The molecule has 0 spiro atoms. The summed E-state index contributed by atoms with van der Waals surface area (Å²) in [5.74, 6) is 0. The first-order valence-electron chi connectivity index (χ1n) is 6.58. The fourth-order valence-electron chi connectivity index (χ4n) is 2.17. The molecule has 0 amide bonds. The molecule has 0 aliphatic carbocycles. The average molecular weight is 263 g/mol. The lowest BCUT2D eigenvalue weighted by molar-refractivity contribution is 0.343. The first-order chi connectivity index (χ1) is 8.12. The SMILES string of the molecule is CCCN(CCN)S(=O)(=O)N1CCCCCC1. The van der Waals surface area contributed by atoms with Crippen molar-refractivity contribution in [3.63, 3.8) is 0 Å². The largest absolute Gasteiger partial charge is 0.329 e. The number of rotatable bonds is 6. The minimum Gasteiger partial charge on any atom is -0.329 e. The second kappa shape index (κ2) is 7.31. The second-order valence-electron chi connectivity index (χ2n) is 4.51. The van der Waals surface area contributed by atoms with E-state index in [1.54, 1.807) is 4.31 Å². The third kappa shape index (κ3) is 4.21. The Labute approximate surface area is 105 Å². The van der Waals surface area contributed by atoms with Gasteiger partial charge in [-0.25, -0.2) is 0 Å². The van der Waals surface area contributed by atoms with E-state index in [1.807, 2.05) is 6.92 Å². The first-order valence-corrected chi connectivity index (χ1v) is 7.98. The molecule has 0 unspecified atom stereocenters. The highest BCUT2D eigenvalue weighted by atomic mass is 32.2. The molecule has 102 valence electrons. The third-order valence-electron chi connectivity index (χ3n) is 3.07. The van der Waals surface area contributed by atoms with Gasteiger partial charge in [0.1, 0.15) is 0 Å². The van der Waals surface area contributed by atoms with Gasteiger partial charge in [-0.1, -0.05) is 19.8 Å². The van der Waals surface area contributed by atoms with E-state index in [0.717, 1.165) is 32.1 Å². The second-order valence-corrected chi connectivity index (χ2v) is 6.44. The highest BCUT2D eigenvalue weighted by molar-refractivity contribution is 7.86. The number of nitrogens with two attached hydrogens (primary N) is 1. The predicted molar refractivity (Wildman–Crippen MR) is 69.9 cm³/mol. The predicted octanol–water partition coefficient (Wildman–Crippen LogP) is 0.778. The van der Waals surface area contributed by atoms with Crippen molar-refractivity contribution >= 4 is 10.2 Å². The lowest BCUT2D eigenvalue weighted by atomic mass is 10.2. The van der Waals surface area contributed by atoms with Crippen molar-refractivity contribution in [3.05, 3.63) is 0 Å². The molecular formula is C11H25N3O2S. The van der Waals surface area contributed by atoms with Crippen LogP contribution >= 0.6 is 0 Å². The van der Waals surface area contributed by atoms with Crippen LogP contribution in [0.25, 0.3) is 0 Å². The van der Waals surface area contributed by atoms with Crippen LogP contribution in [0.15, 0.2) is 0 Å². The summed E-state index contributed by atoms with van der Waals surface area (Å²) >= 11 is 0. The minimum atomic E-state index is -3.29. The van der Waals surface area contributed by atoms with Gasteiger partial charge in [0.25, 0.3) is 10.2 Å². The highest BCUT2D eigenvalue weighted by Crippen LogP contribution is 2.16. The molecule has 0 atom stereocenters. The third-order valence-corrected chi connectivity index (χ3v) is 5.10. The van der Waals surface area contributed by atoms with E-state index in [2.05, 4.69) is 0 Å². The van der Waals surface area contributed by atoms with Crippen LogP contribution < -0.4 is 5.73 Å². The first kappa shape index (κ1) is 14.9. The van der Waals surface area contributed by atoms with Crippen molar-refractivity contribution < 1.29 is 8.42 Å². The zero-order valence-corrected chi connectivity index (χ0v) is 11.6. The molecular weight excluding hydrogens is 238 g/mol. The fraction of sp³-hybridized carbons (Fsp3) is 1.00. The normalized spacial score (nSPS) is 19.5. The van der Waals surface area contributed by atoms with E-state index in [1.165, 1.54) is 4.31 Å². The molecule has 0 saturated carbocycles. The van der Waals surface area contributed by atoms with E-state index in [-0.39, 0.29) is 0 Å². The molecule has 0 aromatic heterocycles. The molecule has 1 fully saturated rings. The topological polar surface area (TPSA) is 66.6 Å². The molecule has 0 bridgehead atoms. The maximum atomic E-state index is 12.4. The standard InChI is InChI=1S/C11H25N3O2S/c1-2-8-13(11-7-12)17(15,16)14-9-5-3-4-6-10-14/h2-12H2,1H3. The van der Waals surface area contributed by atoms with Crippen LogP contribution in [0.5, 0.6) is 0 Å². The molecule has 1 saturated heterocycles. The Morgan fingerprint density at radius 2 is 1.71 bits per heavy atom. The molecule has 17 heavy (non-hydrogen) atoms. The van der Waals surface area contributed by atoms with Gasteiger partial charge < -0.3 is 5.73 Å². The quantitative estimate of drug-likeness (QED) is 0.770. The van der Waals surface area contributed by atoms with Gasteiger partial charge in [0.05, 0.1) is 0 Å². The highest BCUT2D eigenvalue weighted by Gasteiger charge is 2.28. The number of hydrogen-bond donors (Lipinski definition) is 1. The lowest BCUT2D eigenvalue weighted by Crippen LogP contribution is -2.46. The lowest BCUT2D eigenvalue weighted by Gasteiger charge is -2.28. The Bertz CT molecular complexity index is 284. The monoisotopic (exact) mass is 263 g/mol. The summed E-state index contributed by atoms with van der Waals surface area (Å²) < 4.78 is 28.0. The molecule has 5 nitrogen and oxygen atoms in total. The van der Waals surface area contributed by atoms with Crippen LogP contribution in [0.4, 0.5) is 0 Å². The summed E-state index contributed by atoms with van der Waals surface area (Å²) in [7, 11) is -3.29. The maximum Gasteiger partial charge on any atom is 0.282 e. The molecule has 1 rings (SSSR count). The van der Waals surface area contributed by atoms with Crippen molar-refractivity contribution in [2.75, 3.05) is 32.7 Å². The van der Waals surface area contributed by atoms with Gasteiger partial charge in [-0.15, -0.1) is 0 Å². The smallest absolute Gasteiger partial charge is 0.282 e. The van der Waals surface area contributed by atoms with Crippen molar-refractivity contribution in [1.82, 2.24) is 8.61 Å². The fourth-order valence-corrected chi connectivity index (χ4v) is 3.97. The minimum absolute atomic E-state index is 0.382. The number of hydrogen-bond acceptors (Lipinski definition) is 3. The van der Waals surface area contributed by atoms with Gasteiger partial charge in [0, 0.05) is 32.7 Å². The van der Waals surface area contributed by atoms with Crippen molar-refractivity contribution in [2.24, 2.45) is 5.73 Å². The van der Waals surface area contributed by atoms with Gasteiger partial charge in [-0.2, -0.15) is 17.0 Å². The summed E-state index contributed by atoms with van der Waals surface area (Å²) in [6, 6.07) is 0. The summed E-state index contributed by atoms with van der Waals surface area (Å²) in [4.78, 5) is 0. The van der Waals surface area contributed by atoms with Crippen LogP contribution in [0, 0.1) is 0 Å². The van der Waals surface area contributed by atoms with Crippen molar-refractivity contribution in [2.45, 2.75) is 39.0 Å². The van der Waals surface area contributed by atoms with E-state index in [0.29, 0.717) is 32.7 Å². The number of nitrogens with zero attached hydrogens (tertiary/aromatic N) is 2. The van der Waals surface area contributed by atoms with E-state index in [9.17, 15) is 8.42 Å². The van der Waals surface area contributed by atoms with E-state index >= 15 is 0 Å². The van der Waals surface area contributed by atoms with Gasteiger partial charge in [0.2, 0.25) is 0 Å². The van der Waals surface area contributed by atoms with Crippen molar-refractivity contribution in [3.8, 4) is 0 Å². The Morgan fingerprint density at radius 1 is 1.12 bits per heavy atom. The summed E-state index contributed by atoms with van der Waals surface area (Å²) in [6.45, 7) is 4.68. The summed E-state index contributed by atoms with van der Waals surface area (Å²) in [5, 5.41) is 0. The average Bonchev–Trinajstić information content (AvgIpc) is 2.57. The van der Waals surface area contributed by atoms with Crippen molar-refractivity contribution in [1.29, 1.82) is 0 Å². The molecule has 0 aromatic carbocycles. The molecule has 0 radical (unpaired) electrons. The van der Waals surface area contributed by atoms with Crippen LogP contribution in [-0.4, -0.2) is 49.8 Å². The van der Waals surface area contributed by atoms with E-state index in [4.69, 9.17) is 5.73 Å². The van der Waals surface area contributed by atoms with Crippen LogP contribution in [0.2, 0.25) is 0 Å². The Hall–Kier alpha value is -0.170. The van der Waals surface area contributed by atoms with Crippen LogP contribution in [-0.2, 0) is 10.2 Å². The van der Waals surface area contributed by atoms with Crippen LogP contribution in [0.1, 0.15) is 39.0 Å². The van der Waals surface area contributed by atoms with Gasteiger partial charge >= 0.3 is 0 Å². The van der Waals surface area contributed by atoms with Gasteiger partial charge in [0.15, 0.2) is 0 Å². The zero-order valence-electron chi connectivity index (χ0n) is 10.8. The summed E-state index contributed by atoms with van der Waals surface area (Å²) in [6.07, 6.45) is 5.05. The van der Waals surface area contributed by atoms with E-state index < -0.39 is 10.2 Å². The molecule has 0 aromatic rings. The summed E-state index contributed by atoms with van der Waals surface area (Å²) in [5.41, 5.74) is 5.49. The molecule has 2 N–H and O–H groups in total. The van der Waals surface area contributed by atoms with Gasteiger partial charge in [-0.3, -0.25) is 0 Å². The van der Waals surface area contributed by atoms with Crippen LogP contribution in [0.3, 0.4) is 0 Å². The van der Waals surface area contributed by atoms with Gasteiger partial charge in [-0.05, 0) is 19.3 Å². The molecule has 1 aliphatic rings. The molecule has 6 heteroatoms. The molecule has 1 aliphatic heterocycles. The Kier molecular flexibility index (Phi) is 6.40. The molecule has 1 heterocycles. The zero-order chi connectivity index (χ0) is 12.7. The maximum absolute atomic E-state index is 12.4. The Morgan fingerprint density at radius 3 is 2.18 bits per heavy atom. The Balaban J connectivity index is 2.74.